The molecule has 0 N–H and O–H groups in total. The minimum atomic E-state index is 0.666. The maximum atomic E-state index is 11.1. The summed E-state index contributed by atoms with van der Waals surface area (Å²) in [6.45, 7) is 5.05. The average molecular weight is 327 g/mol. The van der Waals surface area contributed by atoms with Crippen molar-refractivity contribution in [1.29, 1.82) is 0 Å². The third-order valence-electron chi connectivity index (χ3n) is 2.80. The summed E-state index contributed by atoms with van der Waals surface area (Å²) in [5, 5.41) is 4.53. The second kappa shape index (κ2) is 5.80. The second-order valence-corrected chi connectivity index (χ2v) is 6.82. The number of hydrogen-bond donors (Lipinski definition) is 0. The van der Waals surface area contributed by atoms with Crippen LogP contribution in [-0.4, -0.2) is 16.1 Å². The van der Waals surface area contributed by atoms with E-state index < -0.39 is 0 Å². The van der Waals surface area contributed by atoms with Gasteiger partial charge < -0.3 is 0 Å². The van der Waals surface area contributed by atoms with E-state index in [9.17, 15) is 4.79 Å². The van der Waals surface area contributed by atoms with Crippen molar-refractivity contribution in [2.24, 2.45) is 0 Å². The van der Waals surface area contributed by atoms with Crippen LogP contribution in [0.15, 0.2) is 16.0 Å². The number of carbonyl (C=O) groups excluding carboxylic acids is 1. The fourth-order valence-corrected chi connectivity index (χ4v) is 3.54. The van der Waals surface area contributed by atoms with Gasteiger partial charge in [-0.15, -0.1) is 11.3 Å². The van der Waals surface area contributed by atoms with Crippen LogP contribution in [0, 0.1) is 6.92 Å². The van der Waals surface area contributed by atoms with Crippen LogP contribution in [0.1, 0.15) is 35.0 Å². The van der Waals surface area contributed by atoms with E-state index in [-0.39, 0.29) is 0 Å². The first-order valence-electron chi connectivity index (χ1n) is 5.94. The summed E-state index contributed by atoms with van der Waals surface area (Å²) >= 11 is 5.13. The van der Waals surface area contributed by atoms with E-state index >= 15 is 0 Å². The van der Waals surface area contributed by atoms with Crippen LogP contribution in [0.3, 0.4) is 0 Å². The number of aromatic nitrogens is 2. The number of hydrogen-bond acceptors (Lipinski definition) is 3. The van der Waals surface area contributed by atoms with Crippen LogP contribution in [0.25, 0.3) is 11.3 Å². The molecule has 5 heteroatoms. The molecule has 2 aromatic rings. The predicted octanol–water partition coefficient (Wildman–Crippen LogP) is 4.30. The summed E-state index contributed by atoms with van der Waals surface area (Å²) in [5.74, 6) is 0. The van der Waals surface area contributed by atoms with Gasteiger partial charge in [0.15, 0.2) is 6.29 Å². The first-order chi connectivity index (χ1) is 8.65. The van der Waals surface area contributed by atoms with Crippen LogP contribution < -0.4 is 0 Å². The van der Waals surface area contributed by atoms with E-state index in [0.29, 0.717) is 5.56 Å². The van der Waals surface area contributed by atoms with Crippen LogP contribution >= 0.6 is 27.3 Å². The molecule has 0 bridgehead atoms. The molecule has 0 radical (unpaired) electrons. The highest BCUT2D eigenvalue weighted by molar-refractivity contribution is 9.11. The normalized spacial score (nSPS) is 10.8. The van der Waals surface area contributed by atoms with E-state index in [1.165, 1.54) is 4.88 Å². The summed E-state index contributed by atoms with van der Waals surface area (Å²) in [6, 6.07) is 2.03. The van der Waals surface area contributed by atoms with Gasteiger partial charge >= 0.3 is 0 Å². The minimum Gasteiger partial charge on any atom is -0.298 e. The Morgan fingerprint density at radius 3 is 2.89 bits per heavy atom. The van der Waals surface area contributed by atoms with Crippen molar-refractivity contribution in [2.45, 2.75) is 33.2 Å². The van der Waals surface area contributed by atoms with Gasteiger partial charge in [-0.3, -0.25) is 9.48 Å². The molecule has 18 heavy (non-hydrogen) atoms. The molecule has 2 heterocycles. The monoisotopic (exact) mass is 326 g/mol. The van der Waals surface area contributed by atoms with Crippen molar-refractivity contribution in [3.8, 4) is 11.3 Å². The lowest BCUT2D eigenvalue weighted by Crippen LogP contribution is -1.97. The summed E-state index contributed by atoms with van der Waals surface area (Å²) in [5.41, 5.74) is 2.50. The van der Waals surface area contributed by atoms with Crippen LogP contribution in [-0.2, 0) is 6.54 Å². The molecular weight excluding hydrogens is 312 g/mol. The van der Waals surface area contributed by atoms with Crippen molar-refractivity contribution >= 4 is 33.6 Å². The quantitative estimate of drug-likeness (QED) is 0.768. The number of aldehydes is 1. The SMILES string of the molecule is CCCCn1cc(C=O)c(-c2cc(Br)sc2C)n1. The topological polar surface area (TPSA) is 34.9 Å². The van der Waals surface area contributed by atoms with Gasteiger partial charge in [-0.25, -0.2) is 0 Å². The molecular formula is C13H15BrN2OS. The molecule has 0 fully saturated rings. The lowest BCUT2D eigenvalue weighted by Gasteiger charge is -1.98. The molecule has 2 aromatic heterocycles. The van der Waals surface area contributed by atoms with E-state index in [0.717, 1.165) is 40.7 Å². The number of rotatable bonds is 5. The summed E-state index contributed by atoms with van der Waals surface area (Å²) in [4.78, 5) is 12.3. The van der Waals surface area contributed by atoms with Gasteiger partial charge in [0.2, 0.25) is 0 Å². The van der Waals surface area contributed by atoms with Crippen molar-refractivity contribution in [3.05, 3.63) is 26.5 Å². The number of thiophene rings is 1. The number of halogens is 1. The van der Waals surface area contributed by atoms with Crippen molar-refractivity contribution in [3.63, 3.8) is 0 Å². The predicted molar refractivity (Wildman–Crippen MR) is 78.3 cm³/mol. The zero-order valence-corrected chi connectivity index (χ0v) is 12.8. The molecule has 0 aromatic carbocycles. The van der Waals surface area contributed by atoms with Crippen molar-refractivity contribution in [1.82, 2.24) is 9.78 Å². The molecule has 0 spiro atoms. The maximum absolute atomic E-state index is 11.1. The Morgan fingerprint density at radius 2 is 2.33 bits per heavy atom. The first-order valence-corrected chi connectivity index (χ1v) is 7.55. The number of unbranched alkanes of at least 4 members (excludes halogenated alkanes) is 1. The lowest BCUT2D eigenvalue weighted by molar-refractivity contribution is 0.112. The molecule has 0 saturated heterocycles. The van der Waals surface area contributed by atoms with E-state index in [1.54, 1.807) is 11.3 Å². The standard InChI is InChI=1S/C13H15BrN2OS/c1-3-4-5-16-7-10(8-17)13(15-16)11-6-12(14)18-9(11)2/h6-8H,3-5H2,1-2H3. The van der Waals surface area contributed by atoms with E-state index in [2.05, 4.69) is 28.0 Å². The molecule has 0 aliphatic heterocycles. The van der Waals surface area contributed by atoms with Crippen molar-refractivity contribution < 1.29 is 4.79 Å². The van der Waals surface area contributed by atoms with E-state index in [4.69, 9.17) is 0 Å². The smallest absolute Gasteiger partial charge is 0.153 e. The minimum absolute atomic E-state index is 0.666. The molecule has 0 amide bonds. The molecule has 0 unspecified atom stereocenters. The number of aryl methyl sites for hydroxylation is 2. The molecule has 0 atom stereocenters. The highest BCUT2D eigenvalue weighted by atomic mass is 79.9. The Kier molecular flexibility index (Phi) is 4.35. The Labute approximate surface area is 119 Å². The van der Waals surface area contributed by atoms with Gasteiger partial charge in [0.25, 0.3) is 0 Å². The zero-order valence-electron chi connectivity index (χ0n) is 10.4. The van der Waals surface area contributed by atoms with Crippen LogP contribution in [0.2, 0.25) is 0 Å². The Morgan fingerprint density at radius 1 is 1.56 bits per heavy atom. The van der Waals surface area contributed by atoms with E-state index in [1.807, 2.05) is 23.9 Å². The molecule has 0 aliphatic carbocycles. The number of nitrogens with zero attached hydrogens (tertiary/aromatic N) is 2. The van der Waals surface area contributed by atoms with Gasteiger partial charge in [-0.1, -0.05) is 13.3 Å². The molecule has 2 rings (SSSR count). The van der Waals surface area contributed by atoms with Gasteiger partial charge in [-0.05, 0) is 35.3 Å². The highest BCUT2D eigenvalue weighted by Gasteiger charge is 2.14. The third kappa shape index (κ3) is 2.72. The van der Waals surface area contributed by atoms with Crippen LogP contribution in [0.4, 0.5) is 0 Å². The molecule has 0 aliphatic rings. The highest BCUT2D eigenvalue weighted by Crippen LogP contribution is 2.34. The van der Waals surface area contributed by atoms with Gasteiger partial charge in [0, 0.05) is 23.2 Å². The third-order valence-corrected chi connectivity index (χ3v) is 4.35. The van der Waals surface area contributed by atoms with Crippen LogP contribution in [0.5, 0.6) is 0 Å². The summed E-state index contributed by atoms with van der Waals surface area (Å²) in [7, 11) is 0. The van der Waals surface area contributed by atoms with Gasteiger partial charge in [-0.2, -0.15) is 5.10 Å². The Balaban J connectivity index is 2.40. The molecule has 0 saturated carbocycles. The lowest BCUT2D eigenvalue weighted by atomic mass is 10.1. The van der Waals surface area contributed by atoms with Gasteiger partial charge in [0.05, 0.1) is 9.35 Å². The largest absolute Gasteiger partial charge is 0.298 e. The fourth-order valence-electron chi connectivity index (χ4n) is 1.85. The molecule has 96 valence electrons. The summed E-state index contributed by atoms with van der Waals surface area (Å²) < 4.78 is 2.93. The first kappa shape index (κ1) is 13.5. The maximum Gasteiger partial charge on any atom is 0.153 e. The van der Waals surface area contributed by atoms with Gasteiger partial charge in [0.1, 0.15) is 5.69 Å². The second-order valence-electron chi connectivity index (χ2n) is 4.19. The number of carbonyl (C=O) groups is 1. The average Bonchev–Trinajstić information content (AvgIpc) is 2.89. The molecule has 3 nitrogen and oxygen atoms in total. The Bertz CT molecular complexity index is 559. The summed E-state index contributed by atoms with van der Waals surface area (Å²) in [6.07, 6.45) is 4.92. The Hall–Kier alpha value is -0.940. The zero-order chi connectivity index (χ0) is 13.1. The van der Waals surface area contributed by atoms with Crippen molar-refractivity contribution in [2.75, 3.05) is 0 Å². The fraction of sp³-hybridized carbons (Fsp3) is 0.385.